The van der Waals surface area contributed by atoms with Crippen molar-refractivity contribution in [3.63, 3.8) is 0 Å². The molecule has 1 spiro atoms. The van der Waals surface area contributed by atoms with Crippen LogP contribution in [0.2, 0.25) is 0 Å². The van der Waals surface area contributed by atoms with Crippen LogP contribution in [0.25, 0.3) is 27.9 Å². The van der Waals surface area contributed by atoms with Gasteiger partial charge in [0.15, 0.2) is 5.69 Å². The number of fused-ring (bicyclic) bond motifs is 1. The van der Waals surface area contributed by atoms with E-state index in [2.05, 4.69) is 26.1 Å². The molecule has 10 heteroatoms. The summed E-state index contributed by atoms with van der Waals surface area (Å²) in [6.07, 6.45) is 3.55. The van der Waals surface area contributed by atoms with Gasteiger partial charge in [0, 0.05) is 35.8 Å². The fourth-order valence-electron chi connectivity index (χ4n) is 6.07. The lowest BCUT2D eigenvalue weighted by atomic mass is 9.63. The third kappa shape index (κ3) is 4.22. The molecule has 0 bridgehead atoms. The van der Waals surface area contributed by atoms with E-state index in [0.717, 1.165) is 68.1 Å². The Balaban J connectivity index is 1.14. The Kier molecular flexibility index (Phi) is 5.52. The molecule has 1 aliphatic heterocycles. The van der Waals surface area contributed by atoms with Crippen LogP contribution in [0, 0.1) is 5.41 Å². The average Bonchev–Trinajstić information content (AvgIpc) is 3.69. The molecule has 7 rings (SSSR count). The molecular formula is C30H25F3N4O3. The summed E-state index contributed by atoms with van der Waals surface area (Å²) in [5.74, 6) is -0.176. The lowest BCUT2D eigenvalue weighted by Gasteiger charge is -2.47. The molecule has 0 atom stereocenters. The van der Waals surface area contributed by atoms with Crippen LogP contribution >= 0.6 is 0 Å². The highest BCUT2D eigenvalue weighted by molar-refractivity contribution is 5.89. The van der Waals surface area contributed by atoms with Gasteiger partial charge in [-0.25, -0.2) is 9.78 Å². The first kappa shape index (κ1) is 24.8. The van der Waals surface area contributed by atoms with E-state index in [-0.39, 0.29) is 28.3 Å². The minimum absolute atomic E-state index is 0.00220. The highest BCUT2D eigenvalue weighted by Crippen LogP contribution is 2.56. The molecule has 7 nitrogen and oxygen atoms in total. The number of rotatable bonds is 5. The Labute approximate surface area is 227 Å². The van der Waals surface area contributed by atoms with Crippen molar-refractivity contribution in [2.75, 3.05) is 18.0 Å². The quantitative estimate of drug-likeness (QED) is 0.289. The Bertz CT molecular complexity index is 1680. The lowest BCUT2D eigenvalue weighted by molar-refractivity contribution is -0.137. The summed E-state index contributed by atoms with van der Waals surface area (Å²) in [6.45, 7) is 1.64. The zero-order chi connectivity index (χ0) is 27.6. The molecule has 0 unspecified atom stereocenters. The lowest BCUT2D eigenvalue weighted by Crippen LogP contribution is -2.42. The number of benzene rings is 2. The van der Waals surface area contributed by atoms with Gasteiger partial charge in [-0.2, -0.15) is 13.2 Å². The number of carbonyl (C=O) groups is 1. The van der Waals surface area contributed by atoms with Crippen LogP contribution in [0.15, 0.2) is 59.3 Å². The molecule has 1 saturated carbocycles. The maximum absolute atomic E-state index is 13.8. The molecule has 40 heavy (non-hydrogen) atoms. The second-order valence-electron chi connectivity index (χ2n) is 11.0. The number of hydrogen-bond acceptors (Lipinski definition) is 6. The van der Waals surface area contributed by atoms with Crippen LogP contribution < -0.4 is 4.90 Å². The van der Waals surface area contributed by atoms with Crippen LogP contribution in [0.3, 0.4) is 0 Å². The van der Waals surface area contributed by atoms with Crippen molar-refractivity contribution in [1.82, 2.24) is 15.1 Å². The summed E-state index contributed by atoms with van der Waals surface area (Å²) >= 11 is 0. The second-order valence-corrected chi connectivity index (χ2v) is 11.0. The molecule has 2 aromatic carbocycles. The van der Waals surface area contributed by atoms with Crippen LogP contribution in [0.5, 0.6) is 0 Å². The molecule has 1 N–H and O–H groups in total. The van der Waals surface area contributed by atoms with Crippen molar-refractivity contribution >= 4 is 28.3 Å². The van der Waals surface area contributed by atoms with Crippen molar-refractivity contribution in [3.05, 3.63) is 77.3 Å². The predicted octanol–water partition coefficient (Wildman–Crippen LogP) is 6.95. The van der Waals surface area contributed by atoms with E-state index in [4.69, 9.17) is 9.63 Å². The Morgan fingerprint density at radius 1 is 1.07 bits per heavy atom. The van der Waals surface area contributed by atoms with Gasteiger partial charge in [-0.05, 0) is 67.4 Å². The van der Waals surface area contributed by atoms with E-state index < -0.39 is 17.7 Å². The van der Waals surface area contributed by atoms with E-state index in [0.29, 0.717) is 16.8 Å². The first-order chi connectivity index (χ1) is 19.2. The number of carboxylic acid groups (broad SMARTS) is 1. The molecule has 0 amide bonds. The molecule has 1 saturated heterocycles. The number of anilines is 1. The highest BCUT2D eigenvalue weighted by Gasteiger charge is 2.44. The van der Waals surface area contributed by atoms with Crippen molar-refractivity contribution < 1.29 is 27.6 Å². The number of alkyl halides is 3. The smallest absolute Gasteiger partial charge is 0.417 e. The van der Waals surface area contributed by atoms with Crippen LogP contribution in [-0.4, -0.2) is 39.3 Å². The van der Waals surface area contributed by atoms with Crippen LogP contribution in [0.4, 0.5) is 18.9 Å². The van der Waals surface area contributed by atoms with E-state index in [9.17, 15) is 18.0 Å². The Morgan fingerprint density at radius 3 is 2.52 bits per heavy atom. The van der Waals surface area contributed by atoms with Gasteiger partial charge in [-0.3, -0.25) is 4.98 Å². The summed E-state index contributed by atoms with van der Waals surface area (Å²) in [6, 6.07) is 11.2. The number of carboxylic acids is 1. The maximum Gasteiger partial charge on any atom is 0.417 e. The standard InChI is InChI=1S/C30H25F3N4O3/c31-30(32,33)21-4-2-1-3-20(21)26-25(27(40-36-26)17-5-6-17)18-14-29(15-18)9-11-37(12-10-29)19-7-8-22-23(13-19)34-16-24(35-22)28(38)39/h1-4,7-8,13-14,16-17H,5-6,9-12,15H2,(H,38,39). The Morgan fingerprint density at radius 2 is 1.82 bits per heavy atom. The van der Waals surface area contributed by atoms with E-state index >= 15 is 0 Å². The SMILES string of the molecule is O=C(O)c1cnc2cc(N3CCC4(C=C(c5c(-c6ccccc6C(F)(F)F)noc5C5CC5)C4)CC3)ccc2n1. The van der Waals surface area contributed by atoms with E-state index in [1.807, 2.05) is 12.1 Å². The van der Waals surface area contributed by atoms with Crippen molar-refractivity contribution in [3.8, 4) is 11.3 Å². The van der Waals surface area contributed by atoms with Gasteiger partial charge >= 0.3 is 12.1 Å². The van der Waals surface area contributed by atoms with Gasteiger partial charge in [-0.15, -0.1) is 0 Å². The minimum atomic E-state index is -4.48. The van der Waals surface area contributed by atoms with Gasteiger partial charge in [0.1, 0.15) is 11.5 Å². The number of halogens is 3. The predicted molar refractivity (Wildman–Crippen MR) is 142 cm³/mol. The third-order valence-electron chi connectivity index (χ3n) is 8.37. The first-order valence-corrected chi connectivity index (χ1v) is 13.3. The second kappa shape index (κ2) is 8.90. The fourth-order valence-corrected chi connectivity index (χ4v) is 6.07. The highest BCUT2D eigenvalue weighted by atomic mass is 19.4. The monoisotopic (exact) mass is 546 g/mol. The van der Waals surface area contributed by atoms with Crippen LogP contribution in [0.1, 0.15) is 65.4 Å². The number of hydrogen-bond donors (Lipinski definition) is 1. The number of aromatic nitrogens is 3. The largest absolute Gasteiger partial charge is 0.476 e. The molecule has 0 radical (unpaired) electrons. The minimum Gasteiger partial charge on any atom is -0.476 e. The van der Waals surface area contributed by atoms with E-state index in [1.54, 1.807) is 12.1 Å². The molecular weight excluding hydrogens is 521 g/mol. The molecule has 3 aliphatic rings. The Hall–Kier alpha value is -4.21. The van der Waals surface area contributed by atoms with Gasteiger partial charge in [0.25, 0.3) is 0 Å². The zero-order valence-corrected chi connectivity index (χ0v) is 21.4. The number of nitrogens with zero attached hydrogens (tertiary/aromatic N) is 4. The fraction of sp³-hybridized carbons (Fsp3) is 0.333. The van der Waals surface area contributed by atoms with Crippen molar-refractivity contribution in [2.24, 2.45) is 5.41 Å². The molecule has 2 fully saturated rings. The molecule has 3 heterocycles. The van der Waals surface area contributed by atoms with E-state index in [1.165, 1.54) is 18.3 Å². The van der Waals surface area contributed by atoms with Crippen molar-refractivity contribution in [2.45, 2.75) is 44.2 Å². The number of aromatic carboxylic acids is 1. The normalized spacial score (nSPS) is 18.6. The first-order valence-electron chi connectivity index (χ1n) is 13.3. The third-order valence-corrected chi connectivity index (χ3v) is 8.37. The van der Waals surface area contributed by atoms with Gasteiger partial charge in [-0.1, -0.05) is 29.4 Å². The summed E-state index contributed by atoms with van der Waals surface area (Å²) in [5.41, 5.74) is 3.52. The summed E-state index contributed by atoms with van der Waals surface area (Å²) < 4.78 is 47.2. The molecule has 2 aliphatic carbocycles. The van der Waals surface area contributed by atoms with Crippen molar-refractivity contribution in [1.29, 1.82) is 0 Å². The number of piperidine rings is 1. The maximum atomic E-state index is 13.8. The molecule has 4 aromatic rings. The molecule has 2 aromatic heterocycles. The zero-order valence-electron chi connectivity index (χ0n) is 21.4. The topological polar surface area (TPSA) is 92.3 Å². The van der Waals surface area contributed by atoms with Crippen LogP contribution in [-0.2, 0) is 6.18 Å². The summed E-state index contributed by atoms with van der Waals surface area (Å²) in [7, 11) is 0. The average molecular weight is 547 g/mol. The summed E-state index contributed by atoms with van der Waals surface area (Å²) in [4.78, 5) is 21.9. The summed E-state index contributed by atoms with van der Waals surface area (Å²) in [5, 5.41) is 13.3. The number of allylic oxidation sites excluding steroid dienone is 2. The molecule has 204 valence electrons. The van der Waals surface area contributed by atoms with Gasteiger partial charge in [0.2, 0.25) is 0 Å². The van der Waals surface area contributed by atoms with Gasteiger partial charge < -0.3 is 14.5 Å². The van der Waals surface area contributed by atoms with Gasteiger partial charge in [0.05, 0.1) is 22.8 Å².